The second kappa shape index (κ2) is 6.62. The second-order valence-electron chi connectivity index (χ2n) is 4.81. The molecule has 0 aliphatic carbocycles. The van der Waals surface area contributed by atoms with Gasteiger partial charge in [-0.25, -0.2) is 8.42 Å². The van der Waals surface area contributed by atoms with Gasteiger partial charge in [0.1, 0.15) is 0 Å². The zero-order valence-electron chi connectivity index (χ0n) is 12.4. The van der Waals surface area contributed by atoms with Gasteiger partial charge in [-0.05, 0) is 42.3 Å². The van der Waals surface area contributed by atoms with Gasteiger partial charge in [0.15, 0.2) is 0 Å². The number of hydrogen-bond donors (Lipinski definition) is 1. The van der Waals surface area contributed by atoms with Gasteiger partial charge in [-0.2, -0.15) is 0 Å². The van der Waals surface area contributed by atoms with E-state index >= 15 is 0 Å². The van der Waals surface area contributed by atoms with Gasteiger partial charge in [-0.1, -0.05) is 24.3 Å². The van der Waals surface area contributed by atoms with E-state index in [0.717, 1.165) is 11.1 Å². The molecule has 0 radical (unpaired) electrons. The van der Waals surface area contributed by atoms with E-state index in [9.17, 15) is 13.2 Å². The van der Waals surface area contributed by atoms with Gasteiger partial charge in [-0.15, -0.1) is 0 Å². The maximum atomic E-state index is 12.2. The summed E-state index contributed by atoms with van der Waals surface area (Å²) >= 11 is 0. The third-order valence-corrected chi connectivity index (χ3v) is 4.61. The van der Waals surface area contributed by atoms with Crippen LogP contribution in [0.5, 0.6) is 0 Å². The van der Waals surface area contributed by atoms with Crippen LogP contribution in [0.25, 0.3) is 0 Å². The molecule has 0 heterocycles. The Kier molecular flexibility index (Phi) is 4.82. The monoisotopic (exact) mass is 319 g/mol. The molecule has 0 unspecified atom stereocenters. The zero-order chi connectivity index (χ0) is 16.2. The third-order valence-electron chi connectivity index (χ3n) is 3.21. The third kappa shape index (κ3) is 3.85. The van der Waals surface area contributed by atoms with Crippen molar-refractivity contribution in [2.75, 3.05) is 11.8 Å². The fourth-order valence-corrected chi connectivity index (χ4v) is 3.07. The predicted molar refractivity (Wildman–Crippen MR) is 84.1 cm³/mol. The van der Waals surface area contributed by atoms with Gasteiger partial charge in [-0.3, -0.25) is 9.52 Å². The molecule has 116 valence electrons. The van der Waals surface area contributed by atoms with E-state index in [-0.39, 0.29) is 17.3 Å². The summed E-state index contributed by atoms with van der Waals surface area (Å²) < 4.78 is 31.6. The standard InChI is InChI=1S/C16H17NO4S/c1-12-10-14(9-8-13(12)11-16(18)21-2)17-22(19,20)15-6-4-3-5-7-15/h3-10,17H,11H2,1-2H3. The highest BCUT2D eigenvalue weighted by molar-refractivity contribution is 7.92. The quantitative estimate of drug-likeness (QED) is 0.860. The molecule has 0 saturated carbocycles. The Morgan fingerprint density at radius 3 is 2.41 bits per heavy atom. The van der Waals surface area contributed by atoms with Crippen molar-refractivity contribution < 1.29 is 17.9 Å². The summed E-state index contributed by atoms with van der Waals surface area (Å²) in [6.45, 7) is 1.82. The molecular weight excluding hydrogens is 302 g/mol. The fraction of sp³-hybridized carbons (Fsp3) is 0.188. The lowest BCUT2D eigenvalue weighted by molar-refractivity contribution is -0.139. The maximum Gasteiger partial charge on any atom is 0.309 e. The molecule has 2 rings (SSSR count). The molecule has 22 heavy (non-hydrogen) atoms. The molecule has 0 aromatic heterocycles. The summed E-state index contributed by atoms with van der Waals surface area (Å²) in [6.07, 6.45) is 0.161. The smallest absolute Gasteiger partial charge is 0.309 e. The first-order valence-electron chi connectivity index (χ1n) is 6.66. The minimum atomic E-state index is -3.61. The number of nitrogens with one attached hydrogen (secondary N) is 1. The van der Waals surface area contributed by atoms with E-state index in [1.165, 1.54) is 19.2 Å². The first-order valence-corrected chi connectivity index (χ1v) is 8.15. The van der Waals surface area contributed by atoms with Crippen molar-refractivity contribution in [2.24, 2.45) is 0 Å². The number of rotatable bonds is 5. The largest absolute Gasteiger partial charge is 0.469 e. The topological polar surface area (TPSA) is 72.5 Å². The Morgan fingerprint density at radius 1 is 1.14 bits per heavy atom. The van der Waals surface area contributed by atoms with Gasteiger partial charge in [0.2, 0.25) is 0 Å². The minimum absolute atomic E-state index is 0.161. The molecule has 6 heteroatoms. The highest BCUT2D eigenvalue weighted by Gasteiger charge is 2.14. The molecular formula is C16H17NO4S. The number of sulfonamides is 1. The molecule has 5 nitrogen and oxygen atoms in total. The van der Waals surface area contributed by atoms with Crippen LogP contribution in [0.1, 0.15) is 11.1 Å². The van der Waals surface area contributed by atoms with E-state index in [0.29, 0.717) is 5.69 Å². The van der Waals surface area contributed by atoms with E-state index in [1.54, 1.807) is 36.4 Å². The molecule has 0 amide bonds. The van der Waals surface area contributed by atoms with Crippen molar-refractivity contribution >= 4 is 21.7 Å². The highest BCUT2D eigenvalue weighted by Crippen LogP contribution is 2.19. The number of carbonyl (C=O) groups excluding carboxylic acids is 1. The molecule has 1 N–H and O–H groups in total. The summed E-state index contributed by atoms with van der Waals surface area (Å²) in [5.41, 5.74) is 2.07. The number of carbonyl (C=O) groups is 1. The van der Waals surface area contributed by atoms with Gasteiger partial charge >= 0.3 is 5.97 Å². The van der Waals surface area contributed by atoms with Crippen molar-refractivity contribution in [3.63, 3.8) is 0 Å². The van der Waals surface area contributed by atoms with Crippen molar-refractivity contribution in [2.45, 2.75) is 18.2 Å². The lowest BCUT2D eigenvalue weighted by Gasteiger charge is -2.11. The summed E-state index contributed by atoms with van der Waals surface area (Å²) in [6, 6.07) is 13.2. The van der Waals surface area contributed by atoms with Gasteiger partial charge in [0, 0.05) is 5.69 Å². The number of methoxy groups -OCH3 is 1. The number of anilines is 1. The summed E-state index contributed by atoms with van der Waals surface area (Å²) in [5, 5.41) is 0. The number of hydrogen-bond acceptors (Lipinski definition) is 4. The van der Waals surface area contributed by atoms with Crippen molar-refractivity contribution in [3.05, 3.63) is 59.7 Å². The lowest BCUT2D eigenvalue weighted by atomic mass is 10.1. The molecule has 0 aliphatic heterocycles. The molecule has 2 aromatic rings. The van der Waals surface area contributed by atoms with Gasteiger partial charge in [0.05, 0.1) is 18.4 Å². The second-order valence-corrected chi connectivity index (χ2v) is 6.50. The summed E-state index contributed by atoms with van der Waals surface area (Å²) in [7, 11) is -2.28. The van der Waals surface area contributed by atoms with Crippen molar-refractivity contribution in [3.8, 4) is 0 Å². The zero-order valence-corrected chi connectivity index (χ0v) is 13.2. The van der Waals surface area contributed by atoms with Crippen LogP contribution in [0.4, 0.5) is 5.69 Å². The highest BCUT2D eigenvalue weighted by atomic mass is 32.2. The lowest BCUT2D eigenvalue weighted by Crippen LogP contribution is -2.13. The summed E-state index contributed by atoms with van der Waals surface area (Å²) in [5.74, 6) is -0.333. The Hall–Kier alpha value is -2.34. The Balaban J connectivity index is 2.21. The molecule has 2 aromatic carbocycles. The van der Waals surface area contributed by atoms with Crippen LogP contribution < -0.4 is 4.72 Å². The average molecular weight is 319 g/mol. The van der Waals surface area contributed by atoms with Crippen LogP contribution in [0.15, 0.2) is 53.4 Å². The van der Waals surface area contributed by atoms with E-state index < -0.39 is 10.0 Å². The van der Waals surface area contributed by atoms with Crippen LogP contribution in [0.2, 0.25) is 0 Å². The normalized spacial score (nSPS) is 11.0. The fourth-order valence-electron chi connectivity index (χ4n) is 2.00. The molecule has 0 aliphatic rings. The molecule has 0 fully saturated rings. The molecule has 0 bridgehead atoms. The maximum absolute atomic E-state index is 12.2. The van der Waals surface area contributed by atoms with Crippen LogP contribution in [0, 0.1) is 6.92 Å². The number of ether oxygens (including phenoxy) is 1. The molecule has 0 saturated heterocycles. The Bertz CT molecular complexity index is 770. The molecule has 0 spiro atoms. The number of aryl methyl sites for hydroxylation is 1. The summed E-state index contributed by atoms with van der Waals surface area (Å²) in [4.78, 5) is 11.5. The van der Waals surface area contributed by atoms with Crippen molar-refractivity contribution in [1.82, 2.24) is 0 Å². The number of benzene rings is 2. The Morgan fingerprint density at radius 2 is 1.82 bits per heavy atom. The van der Waals surface area contributed by atoms with E-state index in [4.69, 9.17) is 0 Å². The SMILES string of the molecule is COC(=O)Cc1ccc(NS(=O)(=O)c2ccccc2)cc1C. The minimum Gasteiger partial charge on any atom is -0.469 e. The van der Waals surface area contributed by atoms with Crippen LogP contribution in [0.3, 0.4) is 0 Å². The van der Waals surface area contributed by atoms with Gasteiger partial charge < -0.3 is 4.74 Å². The van der Waals surface area contributed by atoms with Crippen LogP contribution in [-0.4, -0.2) is 21.5 Å². The van der Waals surface area contributed by atoms with Crippen molar-refractivity contribution in [1.29, 1.82) is 0 Å². The first-order chi connectivity index (χ1) is 10.4. The molecule has 0 atom stereocenters. The number of esters is 1. The van der Waals surface area contributed by atoms with Crippen LogP contribution in [-0.2, 0) is 26.0 Å². The van der Waals surface area contributed by atoms with E-state index in [2.05, 4.69) is 9.46 Å². The van der Waals surface area contributed by atoms with Crippen LogP contribution >= 0.6 is 0 Å². The first kappa shape index (κ1) is 16.0. The predicted octanol–water partition coefficient (Wildman–Crippen LogP) is 2.51. The van der Waals surface area contributed by atoms with E-state index in [1.807, 2.05) is 6.92 Å². The Labute approximate surface area is 130 Å². The van der Waals surface area contributed by atoms with Gasteiger partial charge in [0.25, 0.3) is 10.0 Å². The average Bonchev–Trinajstić information content (AvgIpc) is 2.50.